The Morgan fingerprint density at radius 1 is 0.931 bits per heavy atom. The fourth-order valence-electron chi connectivity index (χ4n) is 2.34. The zero-order valence-electron chi connectivity index (χ0n) is 15.9. The molecule has 1 heterocycles. The molecule has 148 valence electrons. The monoisotopic (exact) mass is 392 g/mol. The van der Waals surface area contributed by atoms with E-state index in [1.54, 1.807) is 32.6 Å². The summed E-state index contributed by atoms with van der Waals surface area (Å²) in [6, 6.07) is 14.6. The summed E-state index contributed by atoms with van der Waals surface area (Å²) in [7, 11) is 3.19. The van der Waals surface area contributed by atoms with E-state index in [-0.39, 0.29) is 11.6 Å². The molecule has 0 aliphatic heterocycles. The molecule has 0 bridgehead atoms. The van der Waals surface area contributed by atoms with E-state index < -0.39 is 5.56 Å². The fourth-order valence-corrected chi connectivity index (χ4v) is 2.34. The summed E-state index contributed by atoms with van der Waals surface area (Å²) in [5.41, 5.74) is 3.91. The number of methoxy groups -OCH3 is 2. The highest BCUT2D eigenvalue weighted by Crippen LogP contribution is 2.13. The zero-order valence-corrected chi connectivity index (χ0v) is 15.9. The lowest BCUT2D eigenvalue weighted by molar-refractivity contribution is 0.414. The van der Waals surface area contributed by atoms with Gasteiger partial charge in [0, 0.05) is 0 Å². The normalized spacial score (nSPS) is 11.1. The van der Waals surface area contributed by atoms with Crippen molar-refractivity contribution >= 4 is 24.3 Å². The molecule has 0 fully saturated rings. The van der Waals surface area contributed by atoms with E-state index in [0.717, 1.165) is 27.3 Å². The van der Waals surface area contributed by atoms with Crippen molar-refractivity contribution in [3.8, 4) is 11.5 Å². The number of nitrogens with one attached hydrogen (secondary N) is 1. The first-order valence-corrected chi connectivity index (χ1v) is 8.61. The van der Waals surface area contributed by atoms with Gasteiger partial charge in [-0.05, 0) is 53.6 Å². The van der Waals surface area contributed by atoms with Gasteiger partial charge in [0.05, 0.1) is 20.4 Å². The molecule has 0 aliphatic rings. The number of rotatable bonds is 7. The van der Waals surface area contributed by atoms with Crippen molar-refractivity contribution in [2.24, 2.45) is 5.10 Å². The highest BCUT2D eigenvalue weighted by atomic mass is 16.5. The Hall–Kier alpha value is -4.14. The molecule has 1 aromatic heterocycles. The highest BCUT2D eigenvalue weighted by Gasteiger charge is 2.07. The third-order valence-electron chi connectivity index (χ3n) is 3.96. The van der Waals surface area contributed by atoms with Crippen LogP contribution < -0.4 is 26.3 Å². The summed E-state index contributed by atoms with van der Waals surface area (Å²) in [6.45, 7) is 0. The van der Waals surface area contributed by atoms with Gasteiger partial charge in [-0.25, -0.2) is 5.43 Å². The van der Waals surface area contributed by atoms with Gasteiger partial charge in [0.25, 0.3) is 11.5 Å². The molecule has 9 heteroatoms. The Bertz CT molecular complexity index is 1070. The predicted molar refractivity (Wildman–Crippen MR) is 113 cm³/mol. The molecule has 3 N–H and O–H groups in total. The van der Waals surface area contributed by atoms with Gasteiger partial charge in [-0.2, -0.15) is 9.78 Å². The van der Waals surface area contributed by atoms with Gasteiger partial charge < -0.3 is 15.3 Å². The lowest BCUT2D eigenvalue weighted by Crippen LogP contribution is -2.32. The maximum atomic E-state index is 12.4. The summed E-state index contributed by atoms with van der Waals surface area (Å²) >= 11 is 0. The van der Waals surface area contributed by atoms with Crippen LogP contribution >= 0.6 is 0 Å². The summed E-state index contributed by atoms with van der Waals surface area (Å²) in [6.07, 6.45) is 4.84. The number of hydrazone groups is 1. The van der Waals surface area contributed by atoms with E-state index >= 15 is 0 Å². The minimum atomic E-state index is -0.507. The number of benzene rings is 2. The highest BCUT2D eigenvalue weighted by molar-refractivity contribution is 5.80. The minimum absolute atomic E-state index is 0.0151. The van der Waals surface area contributed by atoms with Gasteiger partial charge >= 0.3 is 0 Å². The molecule has 9 nitrogen and oxygen atoms in total. The quantitative estimate of drug-likeness (QED) is 0.359. The Kier molecular flexibility index (Phi) is 6.21. The van der Waals surface area contributed by atoms with Crippen LogP contribution in [0, 0.1) is 0 Å². The molecule has 0 aliphatic carbocycles. The lowest BCUT2D eigenvalue weighted by atomic mass is 10.2. The summed E-state index contributed by atoms with van der Waals surface area (Å²) in [4.78, 5) is 12.4. The average molecular weight is 392 g/mol. The number of hydrogen-bond donors (Lipinski definition) is 2. The van der Waals surface area contributed by atoms with Crippen molar-refractivity contribution in [3.63, 3.8) is 0 Å². The maximum absolute atomic E-state index is 12.4. The van der Waals surface area contributed by atoms with Crippen LogP contribution in [0.5, 0.6) is 11.5 Å². The number of hydrogen-bond acceptors (Lipinski definition) is 8. The van der Waals surface area contributed by atoms with Crippen LogP contribution in [0.15, 0.2) is 58.4 Å². The van der Waals surface area contributed by atoms with E-state index in [1.807, 2.05) is 48.5 Å². The average Bonchev–Trinajstić information content (AvgIpc) is 2.77. The van der Waals surface area contributed by atoms with Crippen molar-refractivity contribution in [3.05, 3.63) is 75.7 Å². The molecule has 3 rings (SSSR count). The number of aromatic nitrogens is 3. The molecule has 0 unspecified atom stereocenters. The number of anilines is 1. The molecule has 0 atom stereocenters. The van der Waals surface area contributed by atoms with Crippen LogP contribution in [0.4, 0.5) is 5.95 Å². The molecule has 3 aromatic rings. The molecular weight excluding hydrogens is 372 g/mol. The van der Waals surface area contributed by atoms with Gasteiger partial charge in [0.15, 0.2) is 5.69 Å². The van der Waals surface area contributed by atoms with Crippen LogP contribution in [-0.2, 0) is 0 Å². The van der Waals surface area contributed by atoms with Crippen molar-refractivity contribution in [2.75, 3.05) is 25.5 Å². The summed E-state index contributed by atoms with van der Waals surface area (Å²) < 4.78 is 11.1. The standard InChI is InChI=1S/C20H20N6O3/c1-28-16-8-3-14(4-9-16)7-12-18-19(27)26(21)20(25-23-18)24-22-13-15-5-10-17(29-2)11-6-15/h3-13H,21H2,1-2H3,(H,24,25)/b12-7+,22-13+. The van der Waals surface area contributed by atoms with E-state index in [9.17, 15) is 4.79 Å². The van der Waals surface area contributed by atoms with Crippen molar-refractivity contribution in [2.45, 2.75) is 0 Å². The molecule has 0 amide bonds. The number of nitrogens with zero attached hydrogens (tertiary/aromatic N) is 4. The Morgan fingerprint density at radius 2 is 1.52 bits per heavy atom. The van der Waals surface area contributed by atoms with Crippen molar-refractivity contribution in [1.82, 2.24) is 14.9 Å². The molecule has 2 aromatic carbocycles. The molecule has 0 radical (unpaired) electrons. The van der Waals surface area contributed by atoms with Gasteiger partial charge in [-0.3, -0.25) is 4.79 Å². The van der Waals surface area contributed by atoms with E-state index in [1.165, 1.54) is 0 Å². The van der Waals surface area contributed by atoms with Crippen LogP contribution in [0.25, 0.3) is 12.2 Å². The first kappa shape index (κ1) is 19.6. The Morgan fingerprint density at radius 3 is 2.10 bits per heavy atom. The SMILES string of the molecule is COc1ccc(/C=C/c2nnc(N/N=C/c3ccc(OC)cc3)n(N)c2=O)cc1. The number of nitrogens with two attached hydrogens (primary N) is 1. The topological polar surface area (TPSA) is 117 Å². The fraction of sp³-hybridized carbons (Fsp3) is 0.100. The van der Waals surface area contributed by atoms with Gasteiger partial charge in [-0.1, -0.05) is 18.2 Å². The molecular formula is C20H20N6O3. The van der Waals surface area contributed by atoms with E-state index in [4.69, 9.17) is 15.3 Å². The van der Waals surface area contributed by atoms with Crippen LogP contribution in [0.1, 0.15) is 16.8 Å². The largest absolute Gasteiger partial charge is 0.497 e. The molecule has 0 saturated heterocycles. The minimum Gasteiger partial charge on any atom is -0.497 e. The van der Waals surface area contributed by atoms with E-state index in [0.29, 0.717) is 0 Å². The second kappa shape index (κ2) is 9.18. The lowest BCUT2D eigenvalue weighted by Gasteiger charge is -2.05. The Balaban J connectivity index is 1.70. The molecule has 0 spiro atoms. The smallest absolute Gasteiger partial charge is 0.299 e. The number of ether oxygens (including phenoxy) is 2. The number of nitrogen functional groups attached to an aromatic ring is 1. The van der Waals surface area contributed by atoms with Crippen LogP contribution in [0.2, 0.25) is 0 Å². The zero-order chi connectivity index (χ0) is 20.6. The molecule has 0 saturated carbocycles. The first-order chi connectivity index (χ1) is 14.1. The Labute approximate surface area is 167 Å². The summed E-state index contributed by atoms with van der Waals surface area (Å²) in [5, 5.41) is 11.8. The van der Waals surface area contributed by atoms with Crippen molar-refractivity contribution in [1.29, 1.82) is 0 Å². The molecule has 29 heavy (non-hydrogen) atoms. The van der Waals surface area contributed by atoms with Gasteiger partial charge in [0.2, 0.25) is 0 Å². The van der Waals surface area contributed by atoms with Crippen LogP contribution in [-0.4, -0.2) is 35.3 Å². The second-order valence-corrected chi connectivity index (χ2v) is 5.83. The van der Waals surface area contributed by atoms with Gasteiger partial charge in [0.1, 0.15) is 11.5 Å². The third-order valence-corrected chi connectivity index (χ3v) is 3.96. The van der Waals surface area contributed by atoms with E-state index in [2.05, 4.69) is 20.7 Å². The van der Waals surface area contributed by atoms with Gasteiger partial charge in [-0.15, -0.1) is 10.2 Å². The van der Waals surface area contributed by atoms with Crippen molar-refractivity contribution < 1.29 is 9.47 Å². The predicted octanol–water partition coefficient (Wildman–Crippen LogP) is 1.99. The first-order valence-electron chi connectivity index (χ1n) is 8.61. The second-order valence-electron chi connectivity index (χ2n) is 5.83. The maximum Gasteiger partial charge on any atom is 0.299 e. The summed E-state index contributed by atoms with van der Waals surface area (Å²) in [5.74, 6) is 7.31. The van der Waals surface area contributed by atoms with Crippen LogP contribution in [0.3, 0.4) is 0 Å². The third kappa shape index (κ3) is 4.98.